The lowest BCUT2D eigenvalue weighted by molar-refractivity contribution is 0.142. The first-order chi connectivity index (χ1) is 12.0. The molecule has 2 aromatic rings. The SMILES string of the molecule is CC1=NNC(O)C1N=Nc1ccc(S(=O)(=O)Nc2ncccn2)cc1. The van der Waals surface area contributed by atoms with Gasteiger partial charge in [-0.1, -0.05) is 0 Å². The number of aliphatic hydroxyl groups is 1. The number of hydrogen-bond donors (Lipinski definition) is 3. The molecule has 1 aromatic carbocycles. The van der Waals surface area contributed by atoms with E-state index in [-0.39, 0.29) is 10.8 Å². The van der Waals surface area contributed by atoms with Crippen molar-refractivity contribution in [2.24, 2.45) is 15.3 Å². The van der Waals surface area contributed by atoms with Gasteiger partial charge in [-0.15, -0.1) is 0 Å². The molecule has 0 saturated heterocycles. The van der Waals surface area contributed by atoms with Crippen LogP contribution >= 0.6 is 0 Å². The molecule has 0 amide bonds. The molecule has 0 spiro atoms. The van der Waals surface area contributed by atoms with Gasteiger partial charge in [-0.05, 0) is 37.3 Å². The lowest BCUT2D eigenvalue weighted by Crippen LogP contribution is -2.31. The van der Waals surface area contributed by atoms with Gasteiger partial charge in [-0.2, -0.15) is 15.3 Å². The normalized spacial score (nSPS) is 20.3. The fourth-order valence-corrected chi connectivity index (χ4v) is 2.99. The third kappa shape index (κ3) is 3.95. The van der Waals surface area contributed by atoms with Crippen molar-refractivity contribution in [1.82, 2.24) is 15.4 Å². The molecule has 2 unspecified atom stereocenters. The Morgan fingerprint density at radius 1 is 1.20 bits per heavy atom. The summed E-state index contributed by atoms with van der Waals surface area (Å²) < 4.78 is 26.8. The van der Waals surface area contributed by atoms with Crippen LogP contribution in [0, 0.1) is 0 Å². The van der Waals surface area contributed by atoms with Gasteiger partial charge in [0, 0.05) is 12.4 Å². The molecule has 1 aromatic heterocycles. The van der Waals surface area contributed by atoms with Gasteiger partial charge in [0.1, 0.15) is 0 Å². The molecule has 1 aliphatic heterocycles. The average molecular weight is 361 g/mol. The van der Waals surface area contributed by atoms with Crippen molar-refractivity contribution < 1.29 is 13.5 Å². The van der Waals surface area contributed by atoms with Crippen LogP contribution in [0.2, 0.25) is 0 Å². The number of azo groups is 1. The highest BCUT2D eigenvalue weighted by atomic mass is 32.2. The quantitative estimate of drug-likeness (QED) is 0.679. The molecule has 2 heterocycles. The molecule has 130 valence electrons. The molecule has 0 radical (unpaired) electrons. The molecule has 0 bridgehead atoms. The number of rotatable bonds is 5. The topological polar surface area (TPSA) is 141 Å². The van der Waals surface area contributed by atoms with Crippen LogP contribution in [0.15, 0.2) is 63.0 Å². The third-order valence-electron chi connectivity index (χ3n) is 3.34. The van der Waals surface area contributed by atoms with Gasteiger partial charge in [0.25, 0.3) is 10.0 Å². The van der Waals surface area contributed by atoms with Crippen molar-refractivity contribution in [2.45, 2.75) is 24.1 Å². The maximum Gasteiger partial charge on any atom is 0.264 e. The van der Waals surface area contributed by atoms with E-state index in [0.717, 1.165) is 0 Å². The van der Waals surface area contributed by atoms with Crippen molar-refractivity contribution in [1.29, 1.82) is 0 Å². The Morgan fingerprint density at radius 3 is 2.48 bits per heavy atom. The molecule has 0 saturated carbocycles. The van der Waals surface area contributed by atoms with Crippen molar-refractivity contribution >= 4 is 27.4 Å². The summed E-state index contributed by atoms with van der Waals surface area (Å²) in [6.45, 7) is 1.72. The number of nitrogens with zero attached hydrogens (tertiary/aromatic N) is 5. The van der Waals surface area contributed by atoms with Gasteiger partial charge in [-0.3, -0.25) is 5.43 Å². The molecular weight excluding hydrogens is 346 g/mol. The standard InChI is InChI=1S/C14H15N7O3S/c1-9-12(13(22)20-17-9)19-18-10-3-5-11(6-4-10)25(23,24)21-14-15-7-2-8-16-14/h2-8,12-13,20,22H,1H3,(H,15,16,21). The van der Waals surface area contributed by atoms with E-state index in [9.17, 15) is 13.5 Å². The highest BCUT2D eigenvalue weighted by Gasteiger charge is 2.26. The van der Waals surface area contributed by atoms with E-state index in [4.69, 9.17) is 0 Å². The van der Waals surface area contributed by atoms with Crippen molar-refractivity contribution in [2.75, 3.05) is 4.72 Å². The molecule has 10 nitrogen and oxygen atoms in total. The van der Waals surface area contributed by atoms with E-state index < -0.39 is 22.3 Å². The summed E-state index contributed by atoms with van der Waals surface area (Å²) in [6, 6.07) is 6.81. The van der Waals surface area contributed by atoms with E-state index in [1.165, 1.54) is 36.7 Å². The minimum Gasteiger partial charge on any atom is -0.370 e. The van der Waals surface area contributed by atoms with Gasteiger partial charge >= 0.3 is 0 Å². The highest BCUT2D eigenvalue weighted by molar-refractivity contribution is 7.92. The zero-order chi connectivity index (χ0) is 17.9. The van der Waals surface area contributed by atoms with Gasteiger partial charge in [0.05, 0.1) is 16.3 Å². The number of hydrazone groups is 1. The highest BCUT2D eigenvalue weighted by Crippen LogP contribution is 2.19. The molecule has 0 aliphatic carbocycles. The summed E-state index contributed by atoms with van der Waals surface area (Å²) in [6.07, 6.45) is 1.95. The van der Waals surface area contributed by atoms with Crippen LogP contribution < -0.4 is 10.1 Å². The van der Waals surface area contributed by atoms with E-state index in [1.807, 2.05) is 0 Å². The molecule has 3 N–H and O–H groups in total. The third-order valence-corrected chi connectivity index (χ3v) is 4.68. The Bertz CT molecular complexity index is 898. The summed E-state index contributed by atoms with van der Waals surface area (Å²) in [5.74, 6) is -0.0104. The summed E-state index contributed by atoms with van der Waals surface area (Å²) in [4.78, 5) is 7.68. The summed E-state index contributed by atoms with van der Waals surface area (Å²) in [5, 5.41) is 21.5. The largest absolute Gasteiger partial charge is 0.370 e. The maximum absolute atomic E-state index is 12.3. The van der Waals surface area contributed by atoms with Crippen LogP contribution in [0.5, 0.6) is 0 Å². The fraction of sp³-hybridized carbons (Fsp3) is 0.214. The van der Waals surface area contributed by atoms with Crippen LogP contribution in [0.3, 0.4) is 0 Å². The Morgan fingerprint density at radius 2 is 1.88 bits per heavy atom. The van der Waals surface area contributed by atoms with Crippen LogP contribution in [0.25, 0.3) is 0 Å². The lowest BCUT2D eigenvalue weighted by atomic mass is 10.2. The van der Waals surface area contributed by atoms with Gasteiger partial charge in [-0.25, -0.2) is 23.1 Å². The van der Waals surface area contributed by atoms with Gasteiger partial charge in [0.2, 0.25) is 5.95 Å². The Labute approximate surface area is 143 Å². The second kappa shape index (κ2) is 6.91. The molecule has 3 rings (SSSR count). The molecule has 2 atom stereocenters. The summed E-state index contributed by atoms with van der Waals surface area (Å²) in [5.41, 5.74) is 3.56. The average Bonchev–Trinajstić information content (AvgIpc) is 2.92. The van der Waals surface area contributed by atoms with Crippen LogP contribution in [0.1, 0.15) is 6.92 Å². The van der Waals surface area contributed by atoms with Crippen LogP contribution in [-0.2, 0) is 10.0 Å². The Kier molecular flexibility index (Phi) is 4.67. The summed E-state index contributed by atoms with van der Waals surface area (Å²) >= 11 is 0. The van der Waals surface area contributed by atoms with E-state index in [1.54, 1.807) is 13.0 Å². The number of aliphatic hydroxyl groups excluding tert-OH is 1. The fourth-order valence-electron chi connectivity index (χ4n) is 2.03. The molecule has 1 aliphatic rings. The summed E-state index contributed by atoms with van der Waals surface area (Å²) in [7, 11) is -3.79. The molecule has 0 fully saturated rings. The molecule has 11 heteroatoms. The second-order valence-corrected chi connectivity index (χ2v) is 6.84. The van der Waals surface area contributed by atoms with Gasteiger partial charge < -0.3 is 5.11 Å². The van der Waals surface area contributed by atoms with Crippen molar-refractivity contribution in [3.8, 4) is 0 Å². The minimum absolute atomic E-state index is 0.0104. The van der Waals surface area contributed by atoms with Crippen LogP contribution in [-0.4, -0.2) is 41.5 Å². The number of nitrogens with one attached hydrogen (secondary N) is 2. The van der Waals surface area contributed by atoms with E-state index in [2.05, 4.69) is 35.4 Å². The number of anilines is 1. The second-order valence-electron chi connectivity index (χ2n) is 5.16. The molecule has 25 heavy (non-hydrogen) atoms. The molecular formula is C14H15N7O3S. The van der Waals surface area contributed by atoms with Crippen LogP contribution in [0.4, 0.5) is 11.6 Å². The lowest BCUT2D eigenvalue weighted by Gasteiger charge is -2.08. The number of sulfonamides is 1. The first-order valence-corrected chi connectivity index (χ1v) is 8.72. The zero-order valence-electron chi connectivity index (χ0n) is 13.1. The maximum atomic E-state index is 12.3. The van der Waals surface area contributed by atoms with E-state index in [0.29, 0.717) is 11.4 Å². The first-order valence-electron chi connectivity index (χ1n) is 7.24. The van der Waals surface area contributed by atoms with Crippen molar-refractivity contribution in [3.63, 3.8) is 0 Å². The smallest absolute Gasteiger partial charge is 0.264 e. The predicted octanol–water partition coefficient (Wildman–Crippen LogP) is 1.03. The minimum atomic E-state index is -3.79. The zero-order valence-corrected chi connectivity index (χ0v) is 13.9. The predicted molar refractivity (Wildman–Crippen MR) is 89.8 cm³/mol. The van der Waals surface area contributed by atoms with Gasteiger partial charge in [0.15, 0.2) is 12.3 Å². The first kappa shape index (κ1) is 16.9. The Hall–Kier alpha value is -2.92. The number of aromatic nitrogens is 2. The van der Waals surface area contributed by atoms with E-state index >= 15 is 0 Å². The monoisotopic (exact) mass is 361 g/mol. The number of benzene rings is 1. The van der Waals surface area contributed by atoms with Crippen molar-refractivity contribution in [3.05, 3.63) is 42.7 Å². The Balaban J connectivity index is 1.72. The number of hydrogen-bond acceptors (Lipinski definition) is 9.